The molecule has 3 aromatic carbocycles. The zero-order valence-electron chi connectivity index (χ0n) is 15.4. The van der Waals surface area contributed by atoms with Crippen molar-refractivity contribution in [2.24, 2.45) is 4.99 Å². The lowest BCUT2D eigenvalue weighted by atomic mass is 10.0. The number of phenolic OH excluding ortho intramolecular Hbond substituents is 1. The fourth-order valence-corrected chi connectivity index (χ4v) is 3.35. The smallest absolute Gasteiger partial charge is 0.323 e. The third kappa shape index (κ3) is 3.94. The van der Waals surface area contributed by atoms with Crippen molar-refractivity contribution in [2.75, 3.05) is 0 Å². The van der Waals surface area contributed by atoms with E-state index in [1.54, 1.807) is 36.4 Å². The highest BCUT2D eigenvalue weighted by atomic mass is 35.5. The Hall–Kier alpha value is -3.91. The van der Waals surface area contributed by atoms with E-state index in [1.807, 2.05) is 12.1 Å². The van der Waals surface area contributed by atoms with Crippen molar-refractivity contribution in [3.63, 3.8) is 0 Å². The fraction of sp³-hybridized carbons (Fsp3) is 0.0476. The summed E-state index contributed by atoms with van der Waals surface area (Å²) in [5.74, 6) is -0.470. The molecule has 4 aromatic rings. The van der Waals surface area contributed by atoms with Crippen molar-refractivity contribution in [1.29, 1.82) is 0 Å². The van der Waals surface area contributed by atoms with E-state index in [-0.39, 0.29) is 11.3 Å². The van der Waals surface area contributed by atoms with Crippen molar-refractivity contribution in [3.05, 3.63) is 96.9 Å². The molecule has 0 aliphatic carbocycles. The van der Waals surface area contributed by atoms with Crippen LogP contribution in [0.5, 0.6) is 5.75 Å². The van der Waals surface area contributed by atoms with Crippen molar-refractivity contribution in [1.82, 2.24) is 9.97 Å². The number of fused-ring (bicyclic) bond motifs is 1. The lowest BCUT2D eigenvalue weighted by molar-refractivity contribution is -0.385. The lowest BCUT2D eigenvalue weighted by Gasteiger charge is -2.08. The molecule has 1 heterocycles. The van der Waals surface area contributed by atoms with E-state index in [2.05, 4.69) is 15.0 Å². The number of nitrogens with zero attached hydrogens (tertiary/aromatic N) is 2. The number of imidazole rings is 1. The number of nitro groups is 1. The Bertz CT molecular complexity index is 1360. The van der Waals surface area contributed by atoms with Crippen molar-refractivity contribution in [3.8, 4) is 5.75 Å². The molecule has 9 heteroatoms. The third-order valence-electron chi connectivity index (χ3n) is 4.58. The van der Waals surface area contributed by atoms with Crippen molar-refractivity contribution >= 4 is 40.2 Å². The van der Waals surface area contributed by atoms with Gasteiger partial charge in [-0.1, -0.05) is 29.8 Å². The number of H-pyrrole nitrogens is 2. The number of nitro benzene ring substituents is 1. The molecule has 0 aliphatic heterocycles. The summed E-state index contributed by atoms with van der Waals surface area (Å²) in [4.78, 5) is 31.7. The molecule has 8 nitrogen and oxygen atoms in total. The maximum absolute atomic E-state index is 11.4. The summed E-state index contributed by atoms with van der Waals surface area (Å²) in [6.45, 7) is 0. The molecule has 1 aromatic heterocycles. The van der Waals surface area contributed by atoms with E-state index in [1.165, 1.54) is 12.3 Å². The number of halogens is 1. The van der Waals surface area contributed by atoms with Gasteiger partial charge in [0.05, 0.1) is 21.6 Å². The number of hydrogen-bond acceptors (Lipinski definition) is 5. The summed E-state index contributed by atoms with van der Waals surface area (Å²) in [6, 6.07) is 15.2. The van der Waals surface area contributed by atoms with Gasteiger partial charge in [0.1, 0.15) is 0 Å². The molecule has 150 valence electrons. The number of hydrogen-bond donors (Lipinski definition) is 3. The highest BCUT2D eigenvalue weighted by Gasteiger charge is 2.19. The first-order chi connectivity index (χ1) is 14.4. The molecule has 0 amide bonds. The highest BCUT2D eigenvalue weighted by molar-refractivity contribution is 6.31. The van der Waals surface area contributed by atoms with Crippen LogP contribution in [0.25, 0.3) is 11.0 Å². The number of aliphatic imine (C=N–C) groups is 1. The van der Waals surface area contributed by atoms with Gasteiger partial charge in [-0.15, -0.1) is 0 Å². The number of nitrogens with one attached hydrogen (secondary N) is 2. The minimum absolute atomic E-state index is 0.203. The number of benzene rings is 3. The van der Waals surface area contributed by atoms with Gasteiger partial charge in [0.2, 0.25) is 5.75 Å². The summed E-state index contributed by atoms with van der Waals surface area (Å²) in [5.41, 5.74) is 2.61. The predicted octanol–water partition coefficient (Wildman–Crippen LogP) is 4.46. The van der Waals surface area contributed by atoms with Gasteiger partial charge in [-0.25, -0.2) is 4.79 Å². The molecule has 0 fully saturated rings. The fourth-order valence-electron chi connectivity index (χ4n) is 3.15. The molecule has 0 unspecified atom stereocenters. The monoisotopic (exact) mass is 422 g/mol. The average Bonchev–Trinajstić information content (AvgIpc) is 3.08. The molecule has 0 radical (unpaired) electrons. The standard InChI is InChI=1S/C21H15ClN4O4/c22-16-4-2-1-3-13(16)7-12-8-14(20(27)19(9-12)26(29)30)11-23-15-5-6-17-18(10-15)25-21(28)24-17/h1-6,8-11,27H,7H2,(H2,24,25,28). The second kappa shape index (κ2) is 7.84. The second-order valence-corrected chi connectivity index (χ2v) is 7.05. The van der Waals surface area contributed by atoms with Crippen LogP contribution in [0, 0.1) is 10.1 Å². The highest BCUT2D eigenvalue weighted by Crippen LogP contribution is 2.32. The topological polar surface area (TPSA) is 124 Å². The van der Waals surface area contributed by atoms with Crippen LogP contribution in [0.4, 0.5) is 11.4 Å². The van der Waals surface area contributed by atoms with Crippen LogP contribution >= 0.6 is 11.6 Å². The molecular weight excluding hydrogens is 408 g/mol. The molecular formula is C21H15ClN4O4. The molecule has 30 heavy (non-hydrogen) atoms. The molecule has 0 bridgehead atoms. The summed E-state index contributed by atoms with van der Waals surface area (Å²) >= 11 is 6.20. The van der Waals surface area contributed by atoms with E-state index < -0.39 is 16.4 Å². The SMILES string of the molecule is O=c1[nH]c2ccc(N=Cc3cc(Cc4ccccc4Cl)cc([N+](=O)[O-])c3O)cc2[nH]1. The van der Waals surface area contributed by atoms with Gasteiger partial charge in [0, 0.05) is 22.9 Å². The Morgan fingerprint density at radius 3 is 2.63 bits per heavy atom. The molecule has 0 saturated heterocycles. The van der Waals surface area contributed by atoms with Gasteiger partial charge in [-0.2, -0.15) is 0 Å². The third-order valence-corrected chi connectivity index (χ3v) is 4.95. The largest absolute Gasteiger partial charge is 0.502 e. The number of rotatable bonds is 5. The van der Waals surface area contributed by atoms with Gasteiger partial charge >= 0.3 is 11.4 Å². The van der Waals surface area contributed by atoms with Crippen LogP contribution in [-0.4, -0.2) is 26.2 Å². The van der Waals surface area contributed by atoms with Crippen LogP contribution < -0.4 is 5.69 Å². The Labute approximate surface area is 174 Å². The van der Waals surface area contributed by atoms with E-state index in [4.69, 9.17) is 11.6 Å². The second-order valence-electron chi connectivity index (χ2n) is 6.65. The summed E-state index contributed by atoms with van der Waals surface area (Å²) < 4.78 is 0. The van der Waals surface area contributed by atoms with Gasteiger partial charge in [0.15, 0.2) is 0 Å². The van der Waals surface area contributed by atoms with E-state index in [0.717, 1.165) is 5.56 Å². The number of aromatic hydroxyl groups is 1. The normalized spacial score (nSPS) is 11.4. The zero-order chi connectivity index (χ0) is 21.3. The van der Waals surface area contributed by atoms with Crippen LogP contribution in [0.3, 0.4) is 0 Å². The maximum Gasteiger partial charge on any atom is 0.323 e. The van der Waals surface area contributed by atoms with Gasteiger partial charge in [-0.05, 0) is 47.9 Å². The Kier molecular flexibility index (Phi) is 5.07. The molecule has 3 N–H and O–H groups in total. The Balaban J connectivity index is 1.72. The minimum Gasteiger partial charge on any atom is -0.502 e. The van der Waals surface area contributed by atoms with E-state index in [9.17, 15) is 20.0 Å². The Morgan fingerprint density at radius 1 is 1.10 bits per heavy atom. The van der Waals surface area contributed by atoms with Gasteiger partial charge in [-0.3, -0.25) is 15.1 Å². The first-order valence-corrected chi connectivity index (χ1v) is 9.28. The summed E-state index contributed by atoms with van der Waals surface area (Å²) in [6.07, 6.45) is 1.71. The maximum atomic E-state index is 11.4. The molecule has 0 spiro atoms. The molecule has 0 atom stereocenters. The molecule has 0 aliphatic rings. The minimum atomic E-state index is -0.640. The van der Waals surface area contributed by atoms with Crippen LogP contribution in [0.15, 0.2) is 64.4 Å². The van der Waals surface area contributed by atoms with Gasteiger partial charge in [0.25, 0.3) is 0 Å². The molecule has 0 saturated carbocycles. The quantitative estimate of drug-likeness (QED) is 0.249. The van der Waals surface area contributed by atoms with Crippen LogP contribution in [0.2, 0.25) is 5.02 Å². The first-order valence-electron chi connectivity index (χ1n) is 8.90. The first kappa shape index (κ1) is 19.4. The molecule has 4 rings (SSSR count). The summed E-state index contributed by atoms with van der Waals surface area (Å²) in [7, 11) is 0. The number of phenols is 1. The Morgan fingerprint density at radius 2 is 1.87 bits per heavy atom. The predicted molar refractivity (Wildman–Crippen MR) is 115 cm³/mol. The van der Waals surface area contributed by atoms with Crippen LogP contribution in [0.1, 0.15) is 16.7 Å². The zero-order valence-corrected chi connectivity index (χ0v) is 16.2. The van der Waals surface area contributed by atoms with E-state index in [0.29, 0.717) is 33.7 Å². The number of aromatic nitrogens is 2. The summed E-state index contributed by atoms with van der Waals surface area (Å²) in [5, 5.41) is 22.3. The lowest BCUT2D eigenvalue weighted by Crippen LogP contribution is -1.99. The van der Waals surface area contributed by atoms with Crippen LogP contribution in [-0.2, 0) is 6.42 Å². The van der Waals surface area contributed by atoms with Crippen molar-refractivity contribution < 1.29 is 10.0 Å². The number of aromatic amines is 2. The van der Waals surface area contributed by atoms with Gasteiger partial charge < -0.3 is 15.1 Å². The van der Waals surface area contributed by atoms with E-state index >= 15 is 0 Å². The average molecular weight is 423 g/mol. The van der Waals surface area contributed by atoms with Crippen molar-refractivity contribution in [2.45, 2.75) is 6.42 Å².